The first-order valence-corrected chi connectivity index (χ1v) is 9.82. The summed E-state index contributed by atoms with van der Waals surface area (Å²) in [5.41, 5.74) is -2.63. The predicted molar refractivity (Wildman–Crippen MR) is 116 cm³/mol. The van der Waals surface area contributed by atoms with Gasteiger partial charge in [0.15, 0.2) is 5.75 Å². The van der Waals surface area contributed by atoms with E-state index in [1.807, 2.05) is 0 Å². The largest absolute Gasteiger partial charge is 0.505 e. The van der Waals surface area contributed by atoms with Crippen molar-refractivity contribution in [1.82, 2.24) is 4.90 Å². The van der Waals surface area contributed by atoms with Crippen LogP contribution in [-0.4, -0.2) is 35.9 Å². The summed E-state index contributed by atoms with van der Waals surface area (Å²) in [6, 6.07) is 5.44. The average Bonchev–Trinajstić information content (AvgIpc) is 3.18. The van der Waals surface area contributed by atoms with Crippen LogP contribution in [0, 0.1) is 6.92 Å². The molecule has 0 radical (unpaired) electrons. The number of alkyl halides is 2. The summed E-state index contributed by atoms with van der Waals surface area (Å²) in [5, 5.41) is 15.5. The number of anilines is 3. The molecule has 0 saturated heterocycles. The fourth-order valence-corrected chi connectivity index (χ4v) is 3.18. The summed E-state index contributed by atoms with van der Waals surface area (Å²) in [6.45, 7) is 2.89. The van der Waals surface area contributed by atoms with Gasteiger partial charge in [0.2, 0.25) is 0 Å². The fourth-order valence-electron chi connectivity index (χ4n) is 3.18. The van der Waals surface area contributed by atoms with E-state index in [1.165, 1.54) is 56.3 Å². The van der Waals surface area contributed by atoms with Crippen molar-refractivity contribution in [2.45, 2.75) is 32.2 Å². The van der Waals surface area contributed by atoms with Crippen LogP contribution in [0.1, 0.15) is 41.3 Å². The number of furan rings is 1. The zero-order valence-corrected chi connectivity index (χ0v) is 18.0. The third-order valence-corrected chi connectivity index (χ3v) is 5.07. The van der Waals surface area contributed by atoms with Crippen molar-refractivity contribution in [3.8, 4) is 5.75 Å². The van der Waals surface area contributed by atoms with Gasteiger partial charge in [-0.3, -0.25) is 14.4 Å². The molecule has 3 rings (SSSR count). The summed E-state index contributed by atoms with van der Waals surface area (Å²) < 4.78 is 34.6. The highest BCUT2D eigenvalue weighted by Gasteiger charge is 2.42. The minimum atomic E-state index is -3.29. The van der Waals surface area contributed by atoms with Gasteiger partial charge in [-0.1, -0.05) is 13.0 Å². The van der Waals surface area contributed by atoms with E-state index in [-0.39, 0.29) is 28.4 Å². The van der Waals surface area contributed by atoms with Gasteiger partial charge in [0.05, 0.1) is 11.3 Å². The summed E-state index contributed by atoms with van der Waals surface area (Å²) in [7, 11) is 3.01. The number of para-hydroxylation sites is 1. The molecule has 1 amide bonds. The van der Waals surface area contributed by atoms with Gasteiger partial charge in [0.1, 0.15) is 28.9 Å². The number of phenolic OH excluding ortho intramolecular Hbond substituents is 1. The van der Waals surface area contributed by atoms with Crippen LogP contribution in [0.2, 0.25) is 0 Å². The molecule has 0 fully saturated rings. The van der Waals surface area contributed by atoms with Gasteiger partial charge in [-0.15, -0.1) is 0 Å². The Kier molecular flexibility index (Phi) is 6.07. The molecule has 0 unspecified atom stereocenters. The van der Waals surface area contributed by atoms with Gasteiger partial charge in [-0.2, -0.15) is 0 Å². The van der Waals surface area contributed by atoms with Crippen LogP contribution in [-0.2, 0) is 0 Å². The number of rotatable bonds is 8. The molecule has 1 atom stereocenters. The Bertz CT molecular complexity index is 1220. The van der Waals surface area contributed by atoms with Gasteiger partial charge < -0.3 is 25.1 Å². The monoisotopic (exact) mass is 447 g/mol. The van der Waals surface area contributed by atoms with Crippen molar-refractivity contribution >= 4 is 23.0 Å². The van der Waals surface area contributed by atoms with Crippen LogP contribution in [0.5, 0.6) is 5.75 Å². The summed E-state index contributed by atoms with van der Waals surface area (Å²) in [6.07, 6.45) is -0.544. The molecule has 1 aromatic heterocycles. The number of hydrogen-bond acceptors (Lipinski definition) is 7. The minimum absolute atomic E-state index is 0.0273. The molecule has 2 aromatic carbocycles. The molecule has 32 heavy (non-hydrogen) atoms. The Morgan fingerprint density at radius 3 is 2.38 bits per heavy atom. The van der Waals surface area contributed by atoms with E-state index in [0.29, 0.717) is 5.76 Å². The Labute approximate surface area is 182 Å². The summed E-state index contributed by atoms with van der Waals surface area (Å²) >= 11 is 0. The molecule has 0 aliphatic heterocycles. The molecule has 170 valence electrons. The van der Waals surface area contributed by atoms with Crippen LogP contribution >= 0.6 is 0 Å². The quantitative estimate of drug-likeness (QED) is 0.358. The second-order valence-electron chi connectivity index (χ2n) is 7.57. The van der Waals surface area contributed by atoms with Crippen molar-refractivity contribution in [3.05, 3.63) is 67.9 Å². The van der Waals surface area contributed by atoms with Crippen molar-refractivity contribution in [1.29, 1.82) is 0 Å². The van der Waals surface area contributed by atoms with E-state index in [2.05, 4.69) is 10.6 Å². The number of aryl methyl sites for hydroxylation is 1. The van der Waals surface area contributed by atoms with Gasteiger partial charge in [-0.05, 0) is 31.2 Å². The van der Waals surface area contributed by atoms with Gasteiger partial charge in [0, 0.05) is 20.5 Å². The SMILES string of the molecule is CCC(F)(F)[C@@H](Nc1c(Nc2cccc(C(=O)N(C)C)c2O)c(=O)c1=O)c1ccc(C)o1. The highest BCUT2D eigenvalue weighted by molar-refractivity contribution is 5.99. The van der Waals surface area contributed by atoms with Crippen molar-refractivity contribution in [2.75, 3.05) is 24.7 Å². The molecule has 8 nitrogen and oxygen atoms in total. The summed E-state index contributed by atoms with van der Waals surface area (Å²) in [5.74, 6) is -3.89. The Morgan fingerprint density at radius 1 is 1.16 bits per heavy atom. The molecule has 0 aliphatic rings. The maximum absolute atomic E-state index is 14.6. The number of amides is 1. The Hall–Kier alpha value is -3.69. The van der Waals surface area contributed by atoms with Gasteiger partial charge >= 0.3 is 0 Å². The number of nitrogens with zero attached hydrogens (tertiary/aromatic N) is 1. The van der Waals surface area contributed by atoms with Crippen LogP contribution in [0.3, 0.4) is 0 Å². The number of carbonyl (C=O) groups is 1. The molecule has 3 N–H and O–H groups in total. The van der Waals surface area contributed by atoms with Gasteiger partial charge in [0.25, 0.3) is 22.7 Å². The van der Waals surface area contributed by atoms with Crippen LogP contribution < -0.4 is 21.5 Å². The van der Waals surface area contributed by atoms with E-state index in [0.717, 1.165) is 0 Å². The fraction of sp³-hybridized carbons (Fsp3) is 0.318. The second kappa shape index (κ2) is 8.45. The molecule has 3 aromatic rings. The molecule has 10 heteroatoms. The molecule has 0 saturated carbocycles. The highest BCUT2D eigenvalue weighted by Crippen LogP contribution is 2.39. The van der Waals surface area contributed by atoms with Crippen molar-refractivity contribution in [3.63, 3.8) is 0 Å². The minimum Gasteiger partial charge on any atom is -0.505 e. The maximum Gasteiger partial charge on any atom is 0.274 e. The van der Waals surface area contributed by atoms with Crippen molar-refractivity contribution < 1.29 is 23.1 Å². The predicted octanol–water partition coefficient (Wildman–Crippen LogP) is 3.53. The standard InChI is InChI=1S/C22H23F2N3O5/c1-5-22(23,24)20(14-10-9-11(2)32-14)26-16-15(18(29)19(16)30)25-13-8-6-7-12(17(13)28)21(31)27(3)4/h6-10,20,25-26,28H,5H2,1-4H3/t20-/m0/s1. The van der Waals surface area contributed by atoms with E-state index in [4.69, 9.17) is 4.42 Å². The van der Waals surface area contributed by atoms with E-state index in [1.54, 1.807) is 6.92 Å². The zero-order valence-electron chi connectivity index (χ0n) is 18.0. The van der Waals surface area contributed by atoms with E-state index >= 15 is 0 Å². The smallest absolute Gasteiger partial charge is 0.274 e. The first kappa shape index (κ1) is 23.0. The number of phenols is 1. The maximum atomic E-state index is 14.6. The molecular weight excluding hydrogens is 424 g/mol. The lowest BCUT2D eigenvalue weighted by Gasteiger charge is -2.27. The third kappa shape index (κ3) is 4.08. The molecular formula is C22H23F2N3O5. The number of hydrogen-bond donors (Lipinski definition) is 3. The zero-order chi connectivity index (χ0) is 23.8. The van der Waals surface area contributed by atoms with E-state index < -0.39 is 40.9 Å². The number of benzene rings is 1. The van der Waals surface area contributed by atoms with Crippen LogP contribution in [0.25, 0.3) is 0 Å². The Morgan fingerprint density at radius 2 is 1.81 bits per heavy atom. The van der Waals surface area contributed by atoms with Gasteiger partial charge in [-0.25, -0.2) is 8.78 Å². The topological polar surface area (TPSA) is 112 Å². The van der Waals surface area contributed by atoms with Crippen LogP contribution in [0.4, 0.5) is 25.8 Å². The van der Waals surface area contributed by atoms with Crippen LogP contribution in [0.15, 0.2) is 44.3 Å². The Balaban J connectivity index is 1.97. The second-order valence-corrected chi connectivity index (χ2v) is 7.57. The highest BCUT2D eigenvalue weighted by atomic mass is 19.3. The number of carbonyl (C=O) groups excluding carboxylic acids is 1. The van der Waals surface area contributed by atoms with E-state index in [9.17, 15) is 28.3 Å². The average molecular weight is 447 g/mol. The lowest BCUT2D eigenvalue weighted by molar-refractivity contribution is -0.0286. The first-order valence-electron chi connectivity index (χ1n) is 9.82. The van der Waals surface area contributed by atoms with Crippen molar-refractivity contribution in [2.24, 2.45) is 0 Å². The molecule has 1 heterocycles. The molecule has 0 spiro atoms. The molecule has 0 aliphatic carbocycles. The first-order chi connectivity index (χ1) is 15.0. The lowest BCUT2D eigenvalue weighted by Crippen LogP contribution is -2.40. The normalized spacial score (nSPS) is 12.6. The number of aromatic hydroxyl groups is 1. The lowest BCUT2D eigenvalue weighted by atomic mass is 10.0. The number of nitrogens with one attached hydrogen (secondary N) is 2. The molecule has 0 bridgehead atoms. The number of halogens is 2. The third-order valence-electron chi connectivity index (χ3n) is 5.07. The summed E-state index contributed by atoms with van der Waals surface area (Å²) in [4.78, 5) is 37.8.